The molecule has 4 heteroatoms. The van der Waals surface area contributed by atoms with Crippen molar-refractivity contribution in [1.29, 1.82) is 0 Å². The molecular weight excluding hydrogens is 115 g/mol. The minimum absolute atomic E-state index is 0.380. The van der Waals surface area contributed by atoms with Gasteiger partial charge in [0.15, 0.2) is 0 Å². The van der Waals surface area contributed by atoms with Gasteiger partial charge in [0.05, 0.1) is 0 Å². The van der Waals surface area contributed by atoms with E-state index in [4.69, 9.17) is 22.6 Å². The molecule has 0 spiro atoms. The lowest BCUT2D eigenvalue weighted by Gasteiger charge is -2.15. The summed E-state index contributed by atoms with van der Waals surface area (Å²) in [7, 11) is 0. The van der Waals surface area contributed by atoms with Crippen LogP contribution in [0.5, 0.6) is 0 Å². The molecule has 4 N–H and O–H groups in total. The van der Waals surface area contributed by atoms with Gasteiger partial charge >= 0.3 is 0 Å². The van der Waals surface area contributed by atoms with E-state index in [-0.39, 0.29) is 0 Å². The molecule has 0 radical (unpaired) electrons. The molecule has 0 aromatic carbocycles. The monoisotopic (exact) mass is 124 g/mol. The van der Waals surface area contributed by atoms with Crippen LogP contribution >= 0.6 is 11.6 Å². The molecule has 0 aliphatic heterocycles. The molecule has 0 bridgehead atoms. The van der Waals surface area contributed by atoms with E-state index in [0.29, 0.717) is 6.42 Å². The number of halogens is 1. The van der Waals surface area contributed by atoms with Crippen molar-refractivity contribution in [3.63, 3.8) is 0 Å². The summed E-state index contributed by atoms with van der Waals surface area (Å²) in [6, 6.07) is 0. The van der Waals surface area contributed by atoms with Crippen LogP contribution in [-0.2, 0) is 0 Å². The van der Waals surface area contributed by atoms with Crippen molar-refractivity contribution >= 4 is 11.6 Å². The smallest absolute Gasteiger partial charge is 0.205 e. The summed E-state index contributed by atoms with van der Waals surface area (Å²) in [5, 5.41) is 7.24. The minimum atomic E-state index is -1.42. The first kappa shape index (κ1) is 7.17. The molecule has 1 unspecified atom stereocenters. The van der Waals surface area contributed by atoms with Crippen LogP contribution < -0.4 is 11.3 Å². The molecule has 0 aromatic heterocycles. The third-order valence-electron chi connectivity index (χ3n) is 0.690. The molecule has 0 aliphatic rings. The maximum absolute atomic E-state index is 8.66. The van der Waals surface area contributed by atoms with E-state index in [1.54, 1.807) is 6.92 Å². The first-order valence-electron chi connectivity index (χ1n) is 2.01. The summed E-state index contributed by atoms with van der Waals surface area (Å²) in [6.45, 7) is 1.72. The number of nitrogens with two attached hydrogens (primary N) is 1. The average Bonchev–Trinajstić information content (AvgIpc) is 1.68. The molecular formula is C3H9ClN2O. The topological polar surface area (TPSA) is 58.3 Å². The highest BCUT2D eigenvalue weighted by atomic mass is 35.5. The Kier molecular flexibility index (Phi) is 2.53. The van der Waals surface area contributed by atoms with Crippen molar-refractivity contribution in [2.45, 2.75) is 18.5 Å². The number of hydrazine groups is 1. The third-order valence-corrected chi connectivity index (χ3v) is 1.07. The van der Waals surface area contributed by atoms with E-state index in [0.717, 1.165) is 0 Å². The molecule has 1 atom stereocenters. The Bertz CT molecular complexity index is 50.9. The van der Waals surface area contributed by atoms with Crippen LogP contribution in [0.1, 0.15) is 13.3 Å². The fraction of sp³-hybridized carbons (Fsp3) is 1.00. The van der Waals surface area contributed by atoms with Crippen LogP contribution in [0.3, 0.4) is 0 Å². The van der Waals surface area contributed by atoms with Crippen LogP contribution in [0.25, 0.3) is 0 Å². The summed E-state index contributed by atoms with van der Waals surface area (Å²) < 4.78 is 0. The Balaban J connectivity index is 3.36. The number of alkyl halides is 1. The molecule has 0 fully saturated rings. The van der Waals surface area contributed by atoms with E-state index >= 15 is 0 Å². The predicted octanol–water partition coefficient (Wildman–Crippen LogP) is -0.255. The van der Waals surface area contributed by atoms with Crippen LogP contribution in [0.4, 0.5) is 0 Å². The summed E-state index contributed by atoms with van der Waals surface area (Å²) in [5.41, 5.74) is 2.01. The summed E-state index contributed by atoms with van der Waals surface area (Å²) in [5.74, 6) is 4.78. The number of hydrogen-bond donors (Lipinski definition) is 3. The molecule has 0 aromatic rings. The fourth-order valence-corrected chi connectivity index (χ4v) is 0.102. The van der Waals surface area contributed by atoms with Gasteiger partial charge in [-0.05, 0) is 0 Å². The molecule has 7 heavy (non-hydrogen) atoms. The van der Waals surface area contributed by atoms with E-state index < -0.39 is 5.18 Å². The van der Waals surface area contributed by atoms with Crippen molar-refractivity contribution in [2.75, 3.05) is 0 Å². The largest absolute Gasteiger partial charge is 0.362 e. The highest BCUT2D eigenvalue weighted by molar-refractivity contribution is 6.22. The van der Waals surface area contributed by atoms with Gasteiger partial charge in [-0.3, -0.25) is 5.84 Å². The van der Waals surface area contributed by atoms with Crippen LogP contribution in [0, 0.1) is 0 Å². The van der Waals surface area contributed by atoms with E-state index in [1.807, 2.05) is 5.43 Å². The maximum Gasteiger partial charge on any atom is 0.205 e. The molecule has 0 rings (SSSR count). The zero-order valence-electron chi connectivity index (χ0n) is 4.11. The average molecular weight is 125 g/mol. The molecule has 44 valence electrons. The second kappa shape index (κ2) is 2.47. The summed E-state index contributed by atoms with van der Waals surface area (Å²) in [4.78, 5) is 0. The van der Waals surface area contributed by atoms with Crippen molar-refractivity contribution in [2.24, 2.45) is 5.84 Å². The number of aliphatic hydroxyl groups is 1. The quantitative estimate of drug-likeness (QED) is 0.156. The van der Waals surface area contributed by atoms with Gasteiger partial charge in [-0.1, -0.05) is 18.5 Å². The summed E-state index contributed by atoms with van der Waals surface area (Å²) in [6.07, 6.45) is 0.380. The second-order valence-electron chi connectivity index (χ2n) is 1.26. The maximum atomic E-state index is 8.66. The highest BCUT2D eigenvalue weighted by Crippen LogP contribution is 2.07. The van der Waals surface area contributed by atoms with Gasteiger partial charge in [0.2, 0.25) is 5.18 Å². The predicted molar refractivity (Wildman–Crippen MR) is 28.4 cm³/mol. The van der Waals surface area contributed by atoms with Crippen molar-refractivity contribution in [3.8, 4) is 0 Å². The Morgan fingerprint density at radius 1 is 2.00 bits per heavy atom. The molecule has 0 aliphatic carbocycles. The van der Waals surface area contributed by atoms with Crippen LogP contribution in [0.2, 0.25) is 0 Å². The second-order valence-corrected chi connectivity index (χ2v) is 1.88. The van der Waals surface area contributed by atoms with Gasteiger partial charge in [0, 0.05) is 6.42 Å². The zero-order valence-corrected chi connectivity index (χ0v) is 4.87. The van der Waals surface area contributed by atoms with Crippen molar-refractivity contribution < 1.29 is 5.11 Å². The Hall–Kier alpha value is 0.170. The van der Waals surface area contributed by atoms with Gasteiger partial charge in [0.25, 0.3) is 0 Å². The normalized spacial score (nSPS) is 18.9. The van der Waals surface area contributed by atoms with Gasteiger partial charge < -0.3 is 5.11 Å². The number of rotatable bonds is 2. The third kappa shape index (κ3) is 2.82. The SMILES string of the molecule is CCC(O)(Cl)NN. The lowest BCUT2D eigenvalue weighted by molar-refractivity contribution is 0.0877. The van der Waals surface area contributed by atoms with Crippen molar-refractivity contribution in [1.82, 2.24) is 5.43 Å². The molecule has 0 amide bonds. The van der Waals surface area contributed by atoms with Crippen LogP contribution in [-0.4, -0.2) is 10.3 Å². The Labute approximate surface area is 47.4 Å². The molecule has 3 nitrogen and oxygen atoms in total. The molecule has 0 heterocycles. The fourth-order valence-electron chi connectivity index (χ4n) is 0.102. The van der Waals surface area contributed by atoms with Crippen molar-refractivity contribution in [3.05, 3.63) is 0 Å². The van der Waals surface area contributed by atoms with Gasteiger partial charge in [-0.15, -0.1) is 0 Å². The van der Waals surface area contributed by atoms with Gasteiger partial charge in [0.1, 0.15) is 0 Å². The minimum Gasteiger partial charge on any atom is -0.362 e. The molecule has 0 saturated heterocycles. The lowest BCUT2D eigenvalue weighted by atomic mass is 10.4. The Morgan fingerprint density at radius 2 is 2.43 bits per heavy atom. The number of nitrogens with one attached hydrogen (secondary N) is 1. The Morgan fingerprint density at radius 3 is 2.43 bits per heavy atom. The van der Waals surface area contributed by atoms with Crippen LogP contribution in [0.15, 0.2) is 0 Å². The van der Waals surface area contributed by atoms with Gasteiger partial charge in [-0.2, -0.15) is 0 Å². The first-order chi connectivity index (χ1) is 3.12. The van der Waals surface area contributed by atoms with Gasteiger partial charge in [-0.25, -0.2) is 5.43 Å². The lowest BCUT2D eigenvalue weighted by Crippen LogP contribution is -2.43. The van der Waals surface area contributed by atoms with E-state index in [2.05, 4.69) is 0 Å². The van der Waals surface area contributed by atoms with E-state index in [1.165, 1.54) is 0 Å². The zero-order chi connectivity index (χ0) is 5.91. The summed E-state index contributed by atoms with van der Waals surface area (Å²) >= 11 is 5.22. The number of hydrogen-bond acceptors (Lipinski definition) is 3. The first-order valence-corrected chi connectivity index (χ1v) is 2.39. The standard InChI is InChI=1S/C3H9ClN2O/c1-2-3(4,7)6-5/h6-7H,2,5H2,1H3. The molecule has 0 saturated carbocycles. The highest BCUT2D eigenvalue weighted by Gasteiger charge is 2.16. The van der Waals surface area contributed by atoms with E-state index in [9.17, 15) is 0 Å².